The number of hydrogen-bond donors (Lipinski definition) is 0. The molecular formula is C24H19ClN2O3. The highest BCUT2D eigenvalue weighted by Gasteiger charge is 2.43. The van der Waals surface area contributed by atoms with E-state index in [0.29, 0.717) is 22.8 Å². The summed E-state index contributed by atoms with van der Waals surface area (Å²) in [6.45, 7) is 0. The Balaban J connectivity index is 1.53. The van der Waals surface area contributed by atoms with Crippen LogP contribution in [-0.2, 0) is 0 Å². The molecule has 0 saturated heterocycles. The van der Waals surface area contributed by atoms with Crippen LogP contribution in [0.15, 0.2) is 77.9 Å². The fourth-order valence-electron chi connectivity index (χ4n) is 3.92. The smallest absolute Gasteiger partial charge is 0.251 e. The number of benzene rings is 3. The molecule has 3 aromatic rings. The van der Waals surface area contributed by atoms with E-state index < -0.39 is 6.23 Å². The molecule has 0 fully saturated rings. The molecule has 6 heteroatoms. The van der Waals surface area contributed by atoms with Crippen LogP contribution in [0.25, 0.3) is 0 Å². The molecule has 5 nitrogen and oxygen atoms in total. The summed E-state index contributed by atoms with van der Waals surface area (Å²) < 4.78 is 11.3. The van der Waals surface area contributed by atoms with Crippen molar-refractivity contribution < 1.29 is 14.3 Å². The molecule has 0 aromatic heterocycles. The fourth-order valence-corrected chi connectivity index (χ4v) is 4.05. The number of ether oxygens (including phenoxy) is 2. The first-order valence-electron chi connectivity index (χ1n) is 9.69. The van der Waals surface area contributed by atoms with E-state index in [1.165, 1.54) is 0 Å². The van der Waals surface area contributed by atoms with Crippen molar-refractivity contribution in [2.24, 2.45) is 5.10 Å². The summed E-state index contributed by atoms with van der Waals surface area (Å²) in [5.74, 6) is 1.28. The van der Waals surface area contributed by atoms with Gasteiger partial charge in [-0.15, -0.1) is 0 Å². The monoisotopic (exact) mass is 418 g/mol. The Kier molecular flexibility index (Phi) is 4.68. The Hall–Kier alpha value is -3.31. The summed E-state index contributed by atoms with van der Waals surface area (Å²) in [5.41, 5.74) is 3.48. The molecule has 2 atom stereocenters. The number of hydrazone groups is 1. The normalized spacial score (nSPS) is 19.4. The van der Waals surface area contributed by atoms with Crippen LogP contribution in [0.1, 0.15) is 33.9 Å². The van der Waals surface area contributed by atoms with Crippen LogP contribution >= 0.6 is 11.6 Å². The maximum atomic E-state index is 13.3. The lowest BCUT2D eigenvalue weighted by Gasteiger charge is -2.37. The largest absolute Gasteiger partial charge is 0.497 e. The third-order valence-electron chi connectivity index (χ3n) is 5.48. The van der Waals surface area contributed by atoms with Gasteiger partial charge in [0.1, 0.15) is 11.5 Å². The first kappa shape index (κ1) is 18.7. The molecule has 5 rings (SSSR count). The average molecular weight is 419 g/mol. The van der Waals surface area contributed by atoms with E-state index in [1.54, 1.807) is 36.4 Å². The molecule has 0 N–H and O–H groups in total. The third-order valence-corrected chi connectivity index (χ3v) is 5.73. The molecule has 150 valence electrons. The lowest BCUT2D eigenvalue weighted by molar-refractivity contribution is -0.00455. The lowest BCUT2D eigenvalue weighted by atomic mass is 9.96. The summed E-state index contributed by atoms with van der Waals surface area (Å²) in [6.07, 6.45) is -0.142. The molecule has 0 saturated carbocycles. The van der Waals surface area contributed by atoms with Crippen molar-refractivity contribution >= 4 is 23.1 Å². The molecule has 2 unspecified atom stereocenters. The van der Waals surface area contributed by atoms with Gasteiger partial charge >= 0.3 is 0 Å². The van der Waals surface area contributed by atoms with Gasteiger partial charge in [0.15, 0.2) is 0 Å². The number of hydrogen-bond acceptors (Lipinski definition) is 5. The average Bonchev–Trinajstić information content (AvgIpc) is 3.24. The highest BCUT2D eigenvalue weighted by molar-refractivity contribution is 6.30. The molecule has 30 heavy (non-hydrogen) atoms. The molecule has 2 heterocycles. The molecule has 0 bridgehead atoms. The summed E-state index contributed by atoms with van der Waals surface area (Å²) >= 11 is 6.04. The van der Waals surface area contributed by atoms with E-state index >= 15 is 0 Å². The first-order valence-corrected chi connectivity index (χ1v) is 10.1. The van der Waals surface area contributed by atoms with Crippen LogP contribution in [0.5, 0.6) is 11.5 Å². The van der Waals surface area contributed by atoms with Crippen LogP contribution in [0, 0.1) is 0 Å². The summed E-state index contributed by atoms with van der Waals surface area (Å²) in [4.78, 5) is 13.3. The number of carbonyl (C=O) groups excluding carboxylic acids is 1. The molecule has 0 aliphatic carbocycles. The van der Waals surface area contributed by atoms with Crippen LogP contribution in [0.3, 0.4) is 0 Å². The van der Waals surface area contributed by atoms with E-state index in [2.05, 4.69) is 0 Å². The first-order chi connectivity index (χ1) is 14.6. The number of fused-ring (bicyclic) bond motifs is 3. The highest BCUT2D eigenvalue weighted by atomic mass is 35.5. The highest BCUT2D eigenvalue weighted by Crippen LogP contribution is 2.43. The van der Waals surface area contributed by atoms with Crippen LogP contribution in [0.2, 0.25) is 5.02 Å². The quantitative estimate of drug-likeness (QED) is 0.553. The number of para-hydroxylation sites is 1. The summed E-state index contributed by atoms with van der Waals surface area (Å²) in [6, 6.07) is 22.4. The van der Waals surface area contributed by atoms with Crippen molar-refractivity contribution in [3.8, 4) is 11.5 Å². The van der Waals surface area contributed by atoms with E-state index in [0.717, 1.165) is 22.6 Å². The van der Waals surface area contributed by atoms with Gasteiger partial charge in [-0.2, -0.15) is 5.10 Å². The molecule has 0 spiro atoms. The Morgan fingerprint density at radius 2 is 1.80 bits per heavy atom. The second-order valence-electron chi connectivity index (χ2n) is 7.25. The van der Waals surface area contributed by atoms with Crippen molar-refractivity contribution in [2.75, 3.05) is 7.11 Å². The van der Waals surface area contributed by atoms with Crippen LogP contribution in [0.4, 0.5) is 0 Å². The summed E-state index contributed by atoms with van der Waals surface area (Å²) in [5, 5.41) is 7.27. The third kappa shape index (κ3) is 3.21. The topological polar surface area (TPSA) is 51.1 Å². The predicted octanol–water partition coefficient (Wildman–Crippen LogP) is 5.10. The number of halogens is 1. The van der Waals surface area contributed by atoms with Crippen molar-refractivity contribution in [1.29, 1.82) is 0 Å². The second-order valence-corrected chi connectivity index (χ2v) is 7.69. The SMILES string of the molecule is COc1ccc(C(=O)C2Oc3ccccc3C3CC(c4ccc(Cl)cc4)=NN23)cc1. The number of Topliss-reactive ketones (excluding diaryl/α,β-unsaturated/α-hetero) is 1. The van der Waals surface area contributed by atoms with E-state index in [9.17, 15) is 4.79 Å². The number of carbonyl (C=O) groups is 1. The van der Waals surface area contributed by atoms with Crippen molar-refractivity contribution in [2.45, 2.75) is 18.7 Å². The Morgan fingerprint density at radius 3 is 2.53 bits per heavy atom. The predicted molar refractivity (Wildman–Crippen MR) is 115 cm³/mol. The number of ketones is 1. The second kappa shape index (κ2) is 7.50. The zero-order valence-electron chi connectivity index (χ0n) is 16.3. The van der Waals surface area contributed by atoms with Gasteiger partial charge in [0.05, 0.1) is 18.9 Å². The summed E-state index contributed by atoms with van der Waals surface area (Å²) in [7, 11) is 1.60. The zero-order chi connectivity index (χ0) is 20.7. The minimum atomic E-state index is -0.830. The maximum absolute atomic E-state index is 13.3. The standard InChI is InChI=1S/C24H19ClN2O3/c1-29-18-12-8-16(9-13-18)23(28)24-27-21(19-4-2-3-5-22(19)30-24)14-20(26-27)15-6-10-17(25)11-7-15/h2-13,21,24H,14H2,1H3. The van der Waals surface area contributed by atoms with Gasteiger partial charge < -0.3 is 9.47 Å². The number of nitrogens with zero attached hydrogens (tertiary/aromatic N) is 2. The number of rotatable bonds is 4. The molecule has 3 aromatic carbocycles. The van der Waals surface area contributed by atoms with Gasteiger partial charge in [-0.25, -0.2) is 5.01 Å². The molecule has 0 radical (unpaired) electrons. The molecule has 0 amide bonds. The van der Waals surface area contributed by atoms with Gasteiger partial charge in [0.2, 0.25) is 5.78 Å². The van der Waals surface area contributed by atoms with Gasteiger partial charge in [-0.3, -0.25) is 4.79 Å². The van der Waals surface area contributed by atoms with Gasteiger partial charge in [-0.1, -0.05) is 41.9 Å². The Labute approximate surface area is 179 Å². The molecule has 2 aliphatic heterocycles. The van der Waals surface area contributed by atoms with Gasteiger partial charge in [0, 0.05) is 22.6 Å². The van der Waals surface area contributed by atoms with Crippen molar-refractivity contribution in [3.63, 3.8) is 0 Å². The van der Waals surface area contributed by atoms with E-state index in [4.69, 9.17) is 26.2 Å². The molecular weight excluding hydrogens is 400 g/mol. The fraction of sp³-hybridized carbons (Fsp3) is 0.167. The van der Waals surface area contributed by atoms with Gasteiger partial charge in [0.25, 0.3) is 6.23 Å². The number of methoxy groups -OCH3 is 1. The molecule has 2 aliphatic rings. The lowest BCUT2D eigenvalue weighted by Crippen LogP contribution is -2.45. The maximum Gasteiger partial charge on any atom is 0.251 e. The van der Waals surface area contributed by atoms with Crippen molar-refractivity contribution in [3.05, 3.63) is 94.5 Å². The van der Waals surface area contributed by atoms with E-state index in [1.807, 2.05) is 48.5 Å². The van der Waals surface area contributed by atoms with Crippen LogP contribution < -0.4 is 9.47 Å². The van der Waals surface area contributed by atoms with E-state index in [-0.39, 0.29) is 11.8 Å². The minimum Gasteiger partial charge on any atom is -0.497 e. The Bertz CT molecular complexity index is 1130. The van der Waals surface area contributed by atoms with Gasteiger partial charge in [-0.05, 0) is 48.0 Å². The minimum absolute atomic E-state index is 0.0622. The zero-order valence-corrected chi connectivity index (χ0v) is 17.0. The Morgan fingerprint density at radius 1 is 1.07 bits per heavy atom. The van der Waals surface area contributed by atoms with Crippen molar-refractivity contribution in [1.82, 2.24) is 5.01 Å². The van der Waals surface area contributed by atoms with Crippen LogP contribution in [-0.4, -0.2) is 29.8 Å².